The number of Topliss-reactive ketones (excluding diaryl/α,β-unsaturated/α-hetero) is 1. The number of aliphatic hydroxyl groups is 1. The minimum absolute atomic E-state index is 0.000255. The van der Waals surface area contributed by atoms with Crippen molar-refractivity contribution < 1.29 is 19.4 Å². The molecule has 1 N–H and O–H groups in total. The topological polar surface area (TPSA) is 63.6 Å². The summed E-state index contributed by atoms with van der Waals surface area (Å²) in [6.45, 7) is 5.55. The molecule has 0 amide bonds. The molecule has 4 nitrogen and oxygen atoms in total. The predicted molar refractivity (Wildman–Crippen MR) is 76.0 cm³/mol. The van der Waals surface area contributed by atoms with Crippen molar-refractivity contribution >= 4 is 27.7 Å². The fraction of sp³-hybridized carbons (Fsp3) is 0.733. The number of halogens is 1. The number of ketones is 1. The van der Waals surface area contributed by atoms with E-state index in [1.54, 1.807) is 13.0 Å². The molecule has 2 fully saturated rings. The molecular formula is C15H19BrO4. The lowest BCUT2D eigenvalue weighted by molar-refractivity contribution is -0.166. The third kappa shape index (κ3) is 1.45. The second kappa shape index (κ2) is 4.17. The van der Waals surface area contributed by atoms with Crippen LogP contribution in [0, 0.1) is 23.2 Å². The molecule has 20 heavy (non-hydrogen) atoms. The zero-order chi connectivity index (χ0) is 14.9. The summed E-state index contributed by atoms with van der Waals surface area (Å²) in [6.07, 6.45) is 2.64. The summed E-state index contributed by atoms with van der Waals surface area (Å²) in [4.78, 5) is 24.6. The standard InChI is InChI=1S/C15H19BrO4/c1-7-4-5-9-8(2)13(18)20-12(9)14(3)11(17)10(16)6-15(7,14)19/h6-9,12,19H,4-5H2,1-3H3/t7-,8-,9-,12+,14-,15+/m0/s1. The summed E-state index contributed by atoms with van der Waals surface area (Å²) < 4.78 is 5.93. The van der Waals surface area contributed by atoms with Crippen LogP contribution in [-0.2, 0) is 14.3 Å². The van der Waals surface area contributed by atoms with Gasteiger partial charge in [-0.05, 0) is 47.7 Å². The van der Waals surface area contributed by atoms with Crippen LogP contribution in [0.15, 0.2) is 10.6 Å². The van der Waals surface area contributed by atoms with Gasteiger partial charge in [-0.2, -0.15) is 0 Å². The molecule has 0 spiro atoms. The molecule has 110 valence electrons. The van der Waals surface area contributed by atoms with Gasteiger partial charge in [0.05, 0.1) is 10.4 Å². The highest BCUT2D eigenvalue weighted by Gasteiger charge is 2.68. The minimum atomic E-state index is -1.26. The van der Waals surface area contributed by atoms with E-state index >= 15 is 0 Å². The van der Waals surface area contributed by atoms with Crippen LogP contribution in [0.4, 0.5) is 0 Å². The van der Waals surface area contributed by atoms with Gasteiger partial charge in [-0.3, -0.25) is 9.59 Å². The number of carbonyl (C=O) groups excluding carboxylic acids is 2. The van der Waals surface area contributed by atoms with Gasteiger partial charge in [0.15, 0.2) is 5.78 Å². The molecule has 3 aliphatic rings. The maximum Gasteiger partial charge on any atom is 0.309 e. The van der Waals surface area contributed by atoms with Gasteiger partial charge in [0.1, 0.15) is 17.1 Å². The van der Waals surface area contributed by atoms with E-state index in [0.717, 1.165) is 12.8 Å². The Hall–Kier alpha value is -0.680. The summed E-state index contributed by atoms with van der Waals surface area (Å²) >= 11 is 3.26. The maximum absolute atomic E-state index is 12.7. The van der Waals surface area contributed by atoms with Crippen molar-refractivity contribution in [2.24, 2.45) is 23.2 Å². The van der Waals surface area contributed by atoms with E-state index in [4.69, 9.17) is 4.74 Å². The van der Waals surface area contributed by atoms with Crippen LogP contribution in [0.25, 0.3) is 0 Å². The van der Waals surface area contributed by atoms with Crippen LogP contribution in [-0.4, -0.2) is 28.6 Å². The fourth-order valence-electron chi connectivity index (χ4n) is 4.22. The Morgan fingerprint density at radius 1 is 1.35 bits per heavy atom. The van der Waals surface area contributed by atoms with E-state index in [1.807, 2.05) is 13.8 Å². The highest BCUT2D eigenvalue weighted by molar-refractivity contribution is 9.12. The third-order valence-electron chi connectivity index (χ3n) is 5.77. The first-order valence-electron chi connectivity index (χ1n) is 7.09. The van der Waals surface area contributed by atoms with Gasteiger partial charge in [0, 0.05) is 5.92 Å². The van der Waals surface area contributed by atoms with Gasteiger partial charge in [-0.15, -0.1) is 0 Å². The molecular weight excluding hydrogens is 324 g/mol. The van der Waals surface area contributed by atoms with Crippen molar-refractivity contribution in [1.82, 2.24) is 0 Å². The lowest BCUT2D eigenvalue weighted by atomic mass is 9.64. The molecule has 1 heterocycles. The Kier molecular flexibility index (Phi) is 2.97. The lowest BCUT2D eigenvalue weighted by Gasteiger charge is -2.43. The number of hydrogen-bond acceptors (Lipinski definition) is 4. The molecule has 0 unspecified atom stereocenters. The van der Waals surface area contributed by atoms with E-state index in [-0.39, 0.29) is 29.5 Å². The number of allylic oxidation sites excluding steroid dienone is 1. The molecule has 0 aromatic carbocycles. The van der Waals surface area contributed by atoms with E-state index in [2.05, 4.69) is 15.9 Å². The molecule has 5 heteroatoms. The number of hydrogen-bond donors (Lipinski definition) is 1. The highest BCUT2D eigenvalue weighted by Crippen LogP contribution is 2.58. The molecule has 1 aliphatic heterocycles. The summed E-state index contributed by atoms with van der Waals surface area (Å²) in [5, 5.41) is 11.2. The Bertz CT molecular complexity index is 528. The van der Waals surface area contributed by atoms with Crippen LogP contribution in [0.2, 0.25) is 0 Å². The zero-order valence-corrected chi connectivity index (χ0v) is 13.4. The Morgan fingerprint density at radius 3 is 2.65 bits per heavy atom. The maximum atomic E-state index is 12.7. The first-order valence-corrected chi connectivity index (χ1v) is 7.88. The van der Waals surface area contributed by atoms with E-state index in [9.17, 15) is 14.7 Å². The van der Waals surface area contributed by atoms with Gasteiger partial charge in [-0.1, -0.05) is 13.8 Å². The Labute approximate surface area is 126 Å². The number of ether oxygens (including phenoxy) is 1. The predicted octanol–water partition coefficient (Wildman–Crippen LogP) is 2.19. The zero-order valence-electron chi connectivity index (χ0n) is 11.9. The number of fused-ring (bicyclic) bond motifs is 3. The smallest absolute Gasteiger partial charge is 0.309 e. The second-order valence-corrected chi connectivity index (χ2v) is 7.49. The second-order valence-electron chi connectivity index (χ2n) is 6.64. The lowest BCUT2D eigenvalue weighted by Crippen LogP contribution is -2.56. The van der Waals surface area contributed by atoms with Crippen molar-refractivity contribution in [3.8, 4) is 0 Å². The summed E-state index contributed by atoms with van der Waals surface area (Å²) in [6, 6.07) is 0. The van der Waals surface area contributed by atoms with Crippen molar-refractivity contribution in [2.75, 3.05) is 0 Å². The van der Waals surface area contributed by atoms with Gasteiger partial charge in [0.2, 0.25) is 0 Å². The summed E-state index contributed by atoms with van der Waals surface area (Å²) in [7, 11) is 0. The van der Waals surface area contributed by atoms with E-state index in [1.165, 1.54) is 0 Å². The Balaban J connectivity index is 2.16. The average molecular weight is 343 g/mol. The van der Waals surface area contributed by atoms with Crippen molar-refractivity contribution in [3.63, 3.8) is 0 Å². The van der Waals surface area contributed by atoms with E-state index in [0.29, 0.717) is 4.48 Å². The van der Waals surface area contributed by atoms with Gasteiger partial charge >= 0.3 is 5.97 Å². The van der Waals surface area contributed by atoms with Crippen molar-refractivity contribution in [2.45, 2.75) is 45.3 Å². The van der Waals surface area contributed by atoms with E-state index < -0.39 is 17.1 Å². The van der Waals surface area contributed by atoms with Crippen LogP contribution < -0.4 is 0 Å². The molecule has 1 saturated carbocycles. The van der Waals surface area contributed by atoms with Crippen molar-refractivity contribution in [1.29, 1.82) is 0 Å². The molecule has 1 saturated heterocycles. The largest absolute Gasteiger partial charge is 0.461 e. The van der Waals surface area contributed by atoms with Crippen molar-refractivity contribution in [3.05, 3.63) is 10.6 Å². The summed E-state index contributed by atoms with van der Waals surface area (Å²) in [5.74, 6) is -0.680. The number of esters is 1. The molecule has 0 aromatic heterocycles. The molecule has 0 radical (unpaired) electrons. The first kappa shape index (κ1) is 14.3. The minimum Gasteiger partial charge on any atom is -0.461 e. The van der Waals surface area contributed by atoms with Gasteiger partial charge in [-0.25, -0.2) is 0 Å². The highest BCUT2D eigenvalue weighted by atomic mass is 79.9. The van der Waals surface area contributed by atoms with Gasteiger partial charge < -0.3 is 9.84 Å². The Morgan fingerprint density at radius 2 is 2.00 bits per heavy atom. The summed E-state index contributed by atoms with van der Waals surface area (Å²) in [5.41, 5.74) is -2.35. The molecule has 0 bridgehead atoms. The van der Waals surface area contributed by atoms with Crippen LogP contribution >= 0.6 is 15.9 Å². The quantitative estimate of drug-likeness (QED) is 0.685. The molecule has 0 aromatic rings. The monoisotopic (exact) mass is 342 g/mol. The number of rotatable bonds is 0. The fourth-order valence-corrected chi connectivity index (χ4v) is 4.98. The molecule has 2 aliphatic carbocycles. The van der Waals surface area contributed by atoms with Gasteiger partial charge in [0.25, 0.3) is 0 Å². The van der Waals surface area contributed by atoms with Crippen LogP contribution in [0.5, 0.6) is 0 Å². The SMILES string of the molecule is C[C@@H]1C(=O)O[C@@H]2[C@H]1CC[C@H](C)[C@]1(O)C=C(Br)C(=O)[C@@]21C. The van der Waals surface area contributed by atoms with Crippen LogP contribution in [0.1, 0.15) is 33.6 Å². The van der Waals surface area contributed by atoms with Crippen LogP contribution in [0.3, 0.4) is 0 Å². The average Bonchev–Trinajstić information content (AvgIpc) is 2.74. The third-order valence-corrected chi connectivity index (χ3v) is 6.36. The molecule has 3 rings (SSSR count). The normalized spacial score (nSPS) is 51.1. The molecule has 6 atom stereocenters. The number of carbonyl (C=O) groups is 2. The first-order chi connectivity index (χ1) is 9.23.